The minimum atomic E-state index is -3.51. The molecular weight excluding hydrogens is 426 g/mol. The molecule has 2 amide bonds. The van der Waals surface area contributed by atoms with Crippen molar-refractivity contribution in [3.05, 3.63) is 65.7 Å². The number of ether oxygens (including phenoxy) is 1. The molecule has 8 heteroatoms. The van der Waals surface area contributed by atoms with E-state index in [1.165, 1.54) is 9.87 Å². The van der Waals surface area contributed by atoms with Crippen molar-refractivity contribution in [2.75, 3.05) is 26.3 Å². The first-order chi connectivity index (χ1) is 15.2. The molecule has 0 radical (unpaired) electrons. The van der Waals surface area contributed by atoms with Gasteiger partial charge in [0.2, 0.25) is 10.0 Å². The van der Waals surface area contributed by atoms with Crippen LogP contribution in [0.3, 0.4) is 0 Å². The van der Waals surface area contributed by atoms with Gasteiger partial charge in [0, 0.05) is 25.7 Å². The fourth-order valence-electron chi connectivity index (χ4n) is 4.00. The van der Waals surface area contributed by atoms with Crippen LogP contribution in [-0.2, 0) is 26.7 Å². The van der Waals surface area contributed by atoms with Crippen LogP contribution in [0.25, 0.3) is 0 Å². The lowest BCUT2D eigenvalue weighted by Crippen LogP contribution is -2.42. The highest BCUT2D eigenvalue weighted by Crippen LogP contribution is 2.28. The van der Waals surface area contributed by atoms with Gasteiger partial charge >= 0.3 is 6.03 Å². The van der Waals surface area contributed by atoms with Gasteiger partial charge < -0.3 is 15.4 Å². The maximum absolute atomic E-state index is 12.7. The van der Waals surface area contributed by atoms with Gasteiger partial charge in [-0.15, -0.1) is 0 Å². The number of amides is 2. The minimum absolute atomic E-state index is 0.00810. The summed E-state index contributed by atoms with van der Waals surface area (Å²) in [6.07, 6.45) is 0.804. The Balaban J connectivity index is 1.49. The maximum Gasteiger partial charge on any atom is 0.315 e. The van der Waals surface area contributed by atoms with Crippen molar-refractivity contribution in [3.63, 3.8) is 0 Å². The summed E-state index contributed by atoms with van der Waals surface area (Å²) in [5.41, 5.74) is 2.01. The van der Waals surface area contributed by atoms with Crippen molar-refractivity contribution in [2.45, 2.75) is 50.1 Å². The minimum Gasteiger partial charge on any atom is -0.379 e. The average molecular weight is 460 g/mol. The van der Waals surface area contributed by atoms with Gasteiger partial charge in [0.15, 0.2) is 0 Å². The molecule has 0 bridgehead atoms. The molecule has 174 valence electrons. The molecule has 1 aliphatic heterocycles. The molecule has 1 fully saturated rings. The smallest absolute Gasteiger partial charge is 0.315 e. The van der Waals surface area contributed by atoms with Gasteiger partial charge in [-0.05, 0) is 42.0 Å². The summed E-state index contributed by atoms with van der Waals surface area (Å²) in [6.45, 7) is 8.22. The highest BCUT2D eigenvalue weighted by atomic mass is 32.2. The lowest BCUT2D eigenvalue weighted by atomic mass is 9.79. The first-order valence-corrected chi connectivity index (χ1v) is 12.4. The van der Waals surface area contributed by atoms with Crippen LogP contribution in [0.2, 0.25) is 0 Å². The van der Waals surface area contributed by atoms with E-state index < -0.39 is 10.0 Å². The second-order valence-electron chi connectivity index (χ2n) is 8.84. The molecular formula is C24H33N3O4S. The van der Waals surface area contributed by atoms with E-state index >= 15 is 0 Å². The van der Waals surface area contributed by atoms with Crippen molar-refractivity contribution in [2.24, 2.45) is 0 Å². The summed E-state index contributed by atoms with van der Waals surface area (Å²) >= 11 is 0. The van der Waals surface area contributed by atoms with Crippen LogP contribution < -0.4 is 10.6 Å². The Kier molecular flexibility index (Phi) is 7.92. The van der Waals surface area contributed by atoms with Gasteiger partial charge in [0.05, 0.1) is 18.1 Å². The molecule has 2 aromatic rings. The molecule has 1 heterocycles. The molecule has 1 saturated heterocycles. The van der Waals surface area contributed by atoms with E-state index in [0.29, 0.717) is 32.8 Å². The van der Waals surface area contributed by atoms with Gasteiger partial charge in [0.25, 0.3) is 0 Å². The maximum atomic E-state index is 12.7. The van der Waals surface area contributed by atoms with Crippen LogP contribution in [0, 0.1) is 0 Å². The van der Waals surface area contributed by atoms with E-state index in [4.69, 9.17) is 4.74 Å². The standard InChI is InChI=1S/C24H33N3O4S/c1-19(17-24(2,3)21-7-5-4-6-8-21)26-23(28)25-18-20-9-11-22(12-10-20)32(29,30)27-13-15-31-16-14-27/h4-12,19H,13-18H2,1-3H3,(H2,25,26,28). The normalized spacial score (nSPS) is 16.3. The number of rotatable bonds is 8. The van der Waals surface area contributed by atoms with Crippen LogP contribution in [0.5, 0.6) is 0 Å². The first kappa shape index (κ1) is 24.2. The number of hydrogen-bond donors (Lipinski definition) is 2. The molecule has 0 saturated carbocycles. The summed E-state index contributed by atoms with van der Waals surface area (Å²) in [7, 11) is -3.51. The molecule has 32 heavy (non-hydrogen) atoms. The van der Waals surface area contributed by atoms with Crippen LogP contribution in [-0.4, -0.2) is 51.1 Å². The monoisotopic (exact) mass is 459 g/mol. The second kappa shape index (κ2) is 10.5. The number of nitrogens with one attached hydrogen (secondary N) is 2. The Morgan fingerprint density at radius 1 is 1.06 bits per heavy atom. The largest absolute Gasteiger partial charge is 0.379 e. The zero-order chi connectivity index (χ0) is 23.2. The van der Waals surface area contributed by atoms with Crippen molar-refractivity contribution in [1.82, 2.24) is 14.9 Å². The Labute approximate surface area is 191 Å². The van der Waals surface area contributed by atoms with Gasteiger partial charge in [-0.2, -0.15) is 4.31 Å². The number of nitrogens with zero attached hydrogens (tertiary/aromatic N) is 1. The number of carbonyl (C=O) groups excluding carboxylic acids is 1. The molecule has 1 aliphatic rings. The summed E-state index contributed by atoms with van der Waals surface area (Å²) in [6, 6.07) is 16.7. The Hall–Kier alpha value is -2.42. The zero-order valence-electron chi connectivity index (χ0n) is 19.0. The summed E-state index contributed by atoms with van der Waals surface area (Å²) < 4.78 is 32.1. The van der Waals surface area contributed by atoms with E-state index in [0.717, 1.165) is 12.0 Å². The quantitative estimate of drug-likeness (QED) is 0.634. The molecule has 2 N–H and O–H groups in total. The van der Waals surface area contributed by atoms with Crippen molar-refractivity contribution in [3.8, 4) is 0 Å². The molecule has 0 aliphatic carbocycles. The second-order valence-corrected chi connectivity index (χ2v) is 10.8. The number of carbonyl (C=O) groups is 1. The predicted octanol–water partition coefficient (Wildman–Crippen LogP) is 3.26. The summed E-state index contributed by atoms with van der Waals surface area (Å²) in [5, 5.41) is 5.84. The number of benzene rings is 2. The van der Waals surface area contributed by atoms with E-state index in [2.05, 4.69) is 36.6 Å². The Morgan fingerprint density at radius 3 is 2.31 bits per heavy atom. The van der Waals surface area contributed by atoms with Crippen LogP contribution >= 0.6 is 0 Å². The summed E-state index contributed by atoms with van der Waals surface area (Å²) in [4.78, 5) is 12.6. The number of sulfonamides is 1. The lowest BCUT2D eigenvalue weighted by Gasteiger charge is -2.29. The third kappa shape index (κ3) is 6.31. The number of morpholine rings is 1. The molecule has 0 spiro atoms. The average Bonchev–Trinajstić information content (AvgIpc) is 2.79. The molecule has 7 nitrogen and oxygen atoms in total. The molecule has 1 atom stereocenters. The van der Waals surface area contributed by atoms with Crippen molar-refractivity contribution < 1.29 is 17.9 Å². The summed E-state index contributed by atoms with van der Waals surface area (Å²) in [5.74, 6) is 0. The fourth-order valence-corrected chi connectivity index (χ4v) is 5.40. The van der Waals surface area contributed by atoms with E-state index in [1.54, 1.807) is 24.3 Å². The molecule has 1 unspecified atom stereocenters. The topological polar surface area (TPSA) is 87.7 Å². The van der Waals surface area contributed by atoms with Crippen LogP contribution in [0.1, 0.15) is 38.3 Å². The van der Waals surface area contributed by atoms with E-state index in [1.807, 2.05) is 25.1 Å². The van der Waals surface area contributed by atoms with Crippen LogP contribution in [0.4, 0.5) is 4.79 Å². The van der Waals surface area contributed by atoms with Gasteiger partial charge in [0.1, 0.15) is 0 Å². The highest BCUT2D eigenvalue weighted by molar-refractivity contribution is 7.89. The lowest BCUT2D eigenvalue weighted by molar-refractivity contribution is 0.0730. The third-order valence-corrected chi connectivity index (χ3v) is 7.65. The van der Waals surface area contributed by atoms with Crippen molar-refractivity contribution >= 4 is 16.1 Å². The molecule has 2 aromatic carbocycles. The van der Waals surface area contributed by atoms with Gasteiger partial charge in [-0.1, -0.05) is 56.3 Å². The number of urea groups is 1. The number of hydrogen-bond acceptors (Lipinski definition) is 4. The predicted molar refractivity (Wildman–Crippen MR) is 125 cm³/mol. The van der Waals surface area contributed by atoms with E-state index in [9.17, 15) is 13.2 Å². The fraction of sp³-hybridized carbons (Fsp3) is 0.458. The Bertz CT molecular complexity index is 986. The Morgan fingerprint density at radius 2 is 1.69 bits per heavy atom. The van der Waals surface area contributed by atoms with E-state index in [-0.39, 0.29) is 22.4 Å². The van der Waals surface area contributed by atoms with Crippen molar-refractivity contribution in [1.29, 1.82) is 0 Å². The van der Waals surface area contributed by atoms with Gasteiger partial charge in [-0.3, -0.25) is 0 Å². The molecule has 0 aromatic heterocycles. The van der Waals surface area contributed by atoms with Gasteiger partial charge in [-0.25, -0.2) is 13.2 Å². The highest BCUT2D eigenvalue weighted by Gasteiger charge is 2.26. The third-order valence-electron chi connectivity index (χ3n) is 5.73. The SMILES string of the molecule is CC(CC(C)(C)c1ccccc1)NC(=O)NCc1ccc(S(=O)(=O)N2CCOCC2)cc1. The molecule has 3 rings (SSSR count). The van der Waals surface area contributed by atoms with Crippen LogP contribution in [0.15, 0.2) is 59.5 Å². The zero-order valence-corrected chi connectivity index (χ0v) is 19.8. The first-order valence-electron chi connectivity index (χ1n) is 11.0.